The third-order valence-electron chi connectivity index (χ3n) is 3.19. The molecule has 108 valence electrons. The van der Waals surface area contributed by atoms with E-state index in [2.05, 4.69) is 15.4 Å². The van der Waals surface area contributed by atoms with E-state index < -0.39 is 5.97 Å². The number of allylic oxidation sites excluding steroid dienone is 3. The molecule has 1 amide bonds. The van der Waals surface area contributed by atoms with E-state index in [1.807, 2.05) is 0 Å². The molecule has 0 aliphatic carbocycles. The highest BCUT2D eigenvalue weighted by Crippen LogP contribution is 2.40. The van der Waals surface area contributed by atoms with Gasteiger partial charge in [-0.1, -0.05) is 18.2 Å². The number of carbonyl (C=O) groups excluding carboxylic acids is 1. The molecule has 8 heteroatoms. The Bertz CT molecular complexity index is 663. The molecule has 1 atom stereocenters. The van der Waals surface area contributed by atoms with Crippen molar-refractivity contribution in [1.82, 2.24) is 20.3 Å². The fourth-order valence-electron chi connectivity index (χ4n) is 2.18. The lowest BCUT2D eigenvalue weighted by atomic mass is 10.1. The Hall–Kier alpha value is -2.35. The second-order valence-electron chi connectivity index (χ2n) is 4.53. The molecule has 1 saturated heterocycles. The largest absolute Gasteiger partial charge is 0.477 e. The Morgan fingerprint density at radius 3 is 2.95 bits per heavy atom. The van der Waals surface area contributed by atoms with Crippen LogP contribution in [0, 0.1) is 0 Å². The number of aromatic nitrogens is 3. The molecule has 7 nitrogen and oxygen atoms in total. The van der Waals surface area contributed by atoms with Gasteiger partial charge in [-0.05, 0) is 11.6 Å². The predicted octanol–water partition coefficient (Wildman–Crippen LogP) is 1.02. The van der Waals surface area contributed by atoms with E-state index >= 15 is 0 Å². The smallest absolute Gasteiger partial charge is 0.352 e. The summed E-state index contributed by atoms with van der Waals surface area (Å²) in [6, 6.07) is 0. The number of rotatable bonds is 4. The van der Waals surface area contributed by atoms with Gasteiger partial charge in [-0.2, -0.15) is 15.4 Å². The summed E-state index contributed by atoms with van der Waals surface area (Å²) >= 11 is 1.58. The number of nitrogens with zero attached hydrogens (tertiary/aromatic N) is 3. The molecule has 21 heavy (non-hydrogen) atoms. The standard InChI is InChI=1S/C13H12N4O3S/c18-10-5-11-17(10)12(13(19)20)8(7-21-11)3-1-2-4-9-6-14-16-15-9/h1-4,6,11H,5,7H2,(H,19,20)(H,14,15,16)/b3-1-,4-2+/t11-/m0/s1. The van der Waals surface area contributed by atoms with Crippen LogP contribution >= 0.6 is 11.8 Å². The van der Waals surface area contributed by atoms with E-state index in [-0.39, 0.29) is 17.0 Å². The van der Waals surface area contributed by atoms with Crippen LogP contribution in [0.15, 0.2) is 35.7 Å². The first-order chi connectivity index (χ1) is 10.2. The number of fused-ring (bicyclic) bond motifs is 1. The highest BCUT2D eigenvalue weighted by Gasteiger charge is 2.44. The molecule has 0 bridgehead atoms. The molecule has 3 rings (SSSR count). The second kappa shape index (κ2) is 5.57. The zero-order valence-corrected chi connectivity index (χ0v) is 11.7. The molecule has 1 aromatic heterocycles. The van der Waals surface area contributed by atoms with Gasteiger partial charge in [0.05, 0.1) is 18.0 Å². The van der Waals surface area contributed by atoms with Crippen molar-refractivity contribution in [3.63, 3.8) is 0 Å². The normalized spacial score (nSPS) is 22.0. The van der Waals surface area contributed by atoms with E-state index in [1.165, 1.54) is 4.90 Å². The van der Waals surface area contributed by atoms with Gasteiger partial charge in [-0.15, -0.1) is 11.8 Å². The molecule has 0 spiro atoms. The van der Waals surface area contributed by atoms with E-state index in [4.69, 9.17) is 0 Å². The summed E-state index contributed by atoms with van der Waals surface area (Å²) in [5.41, 5.74) is 1.42. The summed E-state index contributed by atoms with van der Waals surface area (Å²) in [4.78, 5) is 24.3. The molecule has 0 unspecified atom stereocenters. The lowest BCUT2D eigenvalue weighted by Gasteiger charge is -2.43. The second-order valence-corrected chi connectivity index (χ2v) is 5.69. The molecule has 3 heterocycles. The molecule has 2 aliphatic rings. The zero-order valence-electron chi connectivity index (χ0n) is 10.9. The number of carboxylic acid groups (broad SMARTS) is 1. The van der Waals surface area contributed by atoms with Crippen molar-refractivity contribution in [2.24, 2.45) is 0 Å². The van der Waals surface area contributed by atoms with Gasteiger partial charge in [-0.25, -0.2) is 4.79 Å². The third-order valence-corrected chi connectivity index (χ3v) is 4.43. The van der Waals surface area contributed by atoms with Crippen molar-refractivity contribution >= 4 is 29.7 Å². The number of hydrogen-bond acceptors (Lipinski definition) is 5. The van der Waals surface area contributed by atoms with Gasteiger partial charge in [0.15, 0.2) is 0 Å². The maximum Gasteiger partial charge on any atom is 0.352 e. The number of carbonyl (C=O) groups is 2. The van der Waals surface area contributed by atoms with Crippen LogP contribution < -0.4 is 0 Å². The maximum absolute atomic E-state index is 11.6. The molecular weight excluding hydrogens is 292 g/mol. The Balaban J connectivity index is 1.80. The highest BCUT2D eigenvalue weighted by molar-refractivity contribution is 8.00. The summed E-state index contributed by atoms with van der Waals surface area (Å²) in [7, 11) is 0. The molecule has 0 aromatic carbocycles. The Kier molecular flexibility index (Phi) is 3.61. The topological polar surface area (TPSA) is 99.2 Å². The average Bonchev–Trinajstić information content (AvgIpc) is 2.96. The molecule has 1 fully saturated rings. The summed E-state index contributed by atoms with van der Waals surface area (Å²) in [6.07, 6.45) is 8.94. The van der Waals surface area contributed by atoms with Gasteiger partial charge in [0.2, 0.25) is 5.91 Å². The predicted molar refractivity (Wildman–Crippen MR) is 76.9 cm³/mol. The van der Waals surface area contributed by atoms with Crippen LogP contribution in [-0.4, -0.2) is 48.4 Å². The number of carboxylic acids is 1. The van der Waals surface area contributed by atoms with Gasteiger partial charge < -0.3 is 5.11 Å². The quantitative estimate of drug-likeness (QED) is 0.636. The number of amides is 1. The zero-order chi connectivity index (χ0) is 14.8. The number of H-pyrrole nitrogens is 1. The van der Waals surface area contributed by atoms with E-state index in [9.17, 15) is 14.7 Å². The first-order valence-electron chi connectivity index (χ1n) is 6.27. The van der Waals surface area contributed by atoms with Crippen molar-refractivity contribution in [3.8, 4) is 0 Å². The summed E-state index contributed by atoms with van der Waals surface area (Å²) in [5, 5.41) is 19.3. The van der Waals surface area contributed by atoms with Crippen LogP contribution in [-0.2, 0) is 9.59 Å². The van der Waals surface area contributed by atoms with Crippen molar-refractivity contribution in [2.75, 3.05) is 5.75 Å². The minimum absolute atomic E-state index is 0.0218. The number of aromatic amines is 1. The molecule has 2 aliphatic heterocycles. The van der Waals surface area contributed by atoms with Gasteiger partial charge in [0.25, 0.3) is 0 Å². The number of thioether (sulfide) groups is 1. The molecular formula is C13H12N4O3S. The van der Waals surface area contributed by atoms with E-state index in [0.717, 1.165) is 0 Å². The van der Waals surface area contributed by atoms with Crippen molar-refractivity contribution in [2.45, 2.75) is 11.8 Å². The van der Waals surface area contributed by atoms with Crippen LogP contribution in [0.25, 0.3) is 6.08 Å². The minimum Gasteiger partial charge on any atom is -0.477 e. The van der Waals surface area contributed by atoms with Gasteiger partial charge in [-0.3, -0.25) is 9.69 Å². The Labute approximate surface area is 124 Å². The summed E-state index contributed by atoms with van der Waals surface area (Å²) < 4.78 is 0. The highest BCUT2D eigenvalue weighted by atomic mass is 32.2. The lowest BCUT2D eigenvalue weighted by Crippen LogP contribution is -2.53. The monoisotopic (exact) mass is 304 g/mol. The van der Waals surface area contributed by atoms with E-state index in [0.29, 0.717) is 23.4 Å². The SMILES string of the molecule is O=C(O)C1=C(/C=C\C=C\c2cn[nH]n2)CS[C@H]2CC(=O)N12. The number of aliphatic carboxylic acids is 1. The van der Waals surface area contributed by atoms with E-state index in [1.54, 1.807) is 42.3 Å². The lowest BCUT2D eigenvalue weighted by molar-refractivity contribution is -0.146. The van der Waals surface area contributed by atoms with Crippen LogP contribution in [0.5, 0.6) is 0 Å². The fourth-order valence-corrected chi connectivity index (χ4v) is 3.42. The maximum atomic E-state index is 11.6. The summed E-state index contributed by atoms with van der Waals surface area (Å²) in [5.74, 6) is -0.605. The minimum atomic E-state index is -1.06. The molecule has 0 saturated carbocycles. The van der Waals surface area contributed by atoms with Crippen LogP contribution in [0.4, 0.5) is 0 Å². The first-order valence-corrected chi connectivity index (χ1v) is 7.32. The number of hydrogen-bond donors (Lipinski definition) is 2. The van der Waals surface area contributed by atoms with Crippen LogP contribution in [0.3, 0.4) is 0 Å². The van der Waals surface area contributed by atoms with Crippen LogP contribution in [0.2, 0.25) is 0 Å². The summed E-state index contributed by atoms with van der Waals surface area (Å²) in [6.45, 7) is 0. The Morgan fingerprint density at radius 2 is 2.29 bits per heavy atom. The number of nitrogens with one attached hydrogen (secondary N) is 1. The fraction of sp³-hybridized carbons (Fsp3) is 0.231. The van der Waals surface area contributed by atoms with Gasteiger partial charge in [0.1, 0.15) is 11.4 Å². The van der Waals surface area contributed by atoms with Gasteiger partial charge >= 0.3 is 5.97 Å². The van der Waals surface area contributed by atoms with Crippen molar-refractivity contribution < 1.29 is 14.7 Å². The molecule has 0 radical (unpaired) electrons. The molecule has 2 N–H and O–H groups in total. The molecule has 1 aromatic rings. The third kappa shape index (κ3) is 2.62. The first kappa shape index (κ1) is 13.6. The van der Waals surface area contributed by atoms with Crippen LogP contribution in [0.1, 0.15) is 12.1 Å². The Morgan fingerprint density at radius 1 is 1.48 bits per heavy atom. The van der Waals surface area contributed by atoms with Crippen molar-refractivity contribution in [1.29, 1.82) is 0 Å². The van der Waals surface area contributed by atoms with Gasteiger partial charge in [0, 0.05) is 5.75 Å². The number of β-lactam (4-membered cyclic amide) rings is 1. The van der Waals surface area contributed by atoms with Crippen molar-refractivity contribution in [3.05, 3.63) is 41.4 Å². The average molecular weight is 304 g/mol.